The third-order valence-electron chi connectivity index (χ3n) is 0.907. The Morgan fingerprint density at radius 2 is 1.70 bits per heavy atom. The minimum absolute atomic E-state index is 0.163. The summed E-state index contributed by atoms with van der Waals surface area (Å²) in [6.45, 7) is 5.63. The number of sulfone groups is 1. The van der Waals surface area contributed by atoms with Gasteiger partial charge in [0.25, 0.3) is 0 Å². The fourth-order valence-corrected chi connectivity index (χ4v) is 2.16. The second-order valence-corrected chi connectivity index (χ2v) is 5.72. The van der Waals surface area contributed by atoms with Gasteiger partial charge < -0.3 is 5.73 Å². The highest BCUT2D eigenvalue weighted by Gasteiger charge is 2.19. The zero-order valence-electron chi connectivity index (χ0n) is 6.72. The summed E-state index contributed by atoms with van der Waals surface area (Å²) < 4.78 is 21.8. The first-order chi connectivity index (χ1) is 4.27. The van der Waals surface area contributed by atoms with Crippen LogP contribution in [0, 0.1) is 5.41 Å². The summed E-state index contributed by atoms with van der Waals surface area (Å²) in [4.78, 5) is 0. The molecular weight excluding hydrogens is 150 g/mol. The normalized spacial score (nSPS) is 13.6. The van der Waals surface area contributed by atoms with Crippen LogP contribution in [0.4, 0.5) is 0 Å². The van der Waals surface area contributed by atoms with Crippen LogP contribution in [0.1, 0.15) is 20.8 Å². The molecule has 0 atom stereocenters. The van der Waals surface area contributed by atoms with Gasteiger partial charge in [0, 0.05) is 0 Å². The molecule has 0 aliphatic heterocycles. The monoisotopic (exact) mass is 165 g/mol. The van der Waals surface area contributed by atoms with Crippen LogP contribution in [-0.4, -0.2) is 20.0 Å². The Balaban J connectivity index is 4.18. The van der Waals surface area contributed by atoms with Crippen LogP contribution in [0.25, 0.3) is 0 Å². The first-order valence-corrected chi connectivity index (χ1v) is 4.99. The van der Waals surface area contributed by atoms with Gasteiger partial charge in [-0.2, -0.15) is 0 Å². The molecule has 10 heavy (non-hydrogen) atoms. The lowest BCUT2D eigenvalue weighted by Gasteiger charge is -2.16. The van der Waals surface area contributed by atoms with Gasteiger partial charge in [0.15, 0.2) is 9.84 Å². The summed E-state index contributed by atoms with van der Waals surface area (Å²) in [6.07, 6.45) is 0. The lowest BCUT2D eigenvalue weighted by molar-refractivity contribution is 0.462. The lowest BCUT2D eigenvalue weighted by Crippen LogP contribution is -2.26. The second kappa shape index (κ2) is 2.88. The number of nitrogens with two attached hydrogens (primary N) is 1. The van der Waals surface area contributed by atoms with E-state index in [9.17, 15) is 8.42 Å². The Labute approximate surface area is 62.5 Å². The Hall–Kier alpha value is -0.0900. The van der Waals surface area contributed by atoms with Crippen LogP contribution in [0.15, 0.2) is 0 Å². The zero-order chi connectivity index (χ0) is 8.41. The maximum atomic E-state index is 10.9. The minimum Gasteiger partial charge on any atom is -0.318 e. The highest BCUT2D eigenvalue weighted by molar-refractivity contribution is 7.91. The molecule has 4 heteroatoms. The van der Waals surface area contributed by atoms with Crippen molar-refractivity contribution in [1.82, 2.24) is 0 Å². The summed E-state index contributed by atoms with van der Waals surface area (Å²) in [7, 11) is -3.00. The van der Waals surface area contributed by atoms with E-state index < -0.39 is 9.84 Å². The first kappa shape index (κ1) is 9.91. The van der Waals surface area contributed by atoms with Crippen molar-refractivity contribution in [2.24, 2.45) is 11.1 Å². The Bertz CT molecular complexity index is 188. The molecule has 0 spiro atoms. The van der Waals surface area contributed by atoms with Crippen LogP contribution in [-0.2, 0) is 9.84 Å². The molecule has 0 unspecified atom stereocenters. The smallest absolute Gasteiger partial charge is 0.163 e. The topological polar surface area (TPSA) is 60.2 Å². The quantitative estimate of drug-likeness (QED) is 0.643. The lowest BCUT2D eigenvalue weighted by atomic mass is 10.0. The van der Waals surface area contributed by atoms with Crippen LogP contribution < -0.4 is 5.73 Å². The molecule has 62 valence electrons. The molecule has 0 aromatic rings. The summed E-state index contributed by atoms with van der Waals surface area (Å²) in [5, 5.41) is 0. The molecule has 0 saturated carbocycles. The van der Waals surface area contributed by atoms with Crippen LogP contribution in [0.2, 0.25) is 0 Å². The first-order valence-electron chi connectivity index (χ1n) is 3.17. The minimum atomic E-state index is -3.00. The molecule has 0 aliphatic rings. The molecule has 0 aromatic carbocycles. The van der Waals surface area contributed by atoms with E-state index in [1.54, 1.807) is 0 Å². The Morgan fingerprint density at radius 3 is 1.80 bits per heavy atom. The van der Waals surface area contributed by atoms with E-state index in [0.29, 0.717) is 0 Å². The van der Waals surface area contributed by atoms with Crippen molar-refractivity contribution >= 4 is 9.84 Å². The molecule has 0 rings (SSSR count). The Kier molecular flexibility index (Phi) is 2.86. The van der Waals surface area contributed by atoms with E-state index in [-0.39, 0.29) is 17.0 Å². The van der Waals surface area contributed by atoms with Crippen LogP contribution in [0.3, 0.4) is 0 Å². The van der Waals surface area contributed by atoms with E-state index in [1.165, 1.54) is 0 Å². The van der Waals surface area contributed by atoms with Gasteiger partial charge in [0.05, 0.1) is 11.6 Å². The third kappa shape index (κ3) is 4.76. The van der Waals surface area contributed by atoms with E-state index in [4.69, 9.17) is 5.73 Å². The van der Waals surface area contributed by atoms with Gasteiger partial charge in [0.1, 0.15) is 0 Å². The molecule has 0 fully saturated rings. The van der Waals surface area contributed by atoms with Crippen molar-refractivity contribution in [1.29, 1.82) is 0 Å². The molecule has 0 heterocycles. The molecule has 0 aromatic heterocycles. The zero-order valence-corrected chi connectivity index (χ0v) is 7.53. The van der Waals surface area contributed by atoms with Gasteiger partial charge in [-0.1, -0.05) is 20.8 Å². The SMILES string of the molecule is CC(C)(C)CS(=O)(=O)CN. The van der Waals surface area contributed by atoms with Crippen molar-refractivity contribution in [2.75, 3.05) is 11.6 Å². The fourth-order valence-electron chi connectivity index (χ4n) is 0.719. The van der Waals surface area contributed by atoms with Crippen molar-refractivity contribution in [3.63, 3.8) is 0 Å². The molecule has 0 radical (unpaired) electrons. The van der Waals surface area contributed by atoms with Gasteiger partial charge in [-0.3, -0.25) is 0 Å². The molecule has 3 nitrogen and oxygen atoms in total. The second-order valence-electron chi connectivity index (χ2n) is 3.62. The van der Waals surface area contributed by atoms with Gasteiger partial charge in [-0.15, -0.1) is 0 Å². The maximum Gasteiger partial charge on any atom is 0.163 e. The van der Waals surface area contributed by atoms with Crippen LogP contribution >= 0.6 is 0 Å². The summed E-state index contributed by atoms with van der Waals surface area (Å²) in [5.41, 5.74) is 4.84. The fraction of sp³-hybridized carbons (Fsp3) is 1.00. The van der Waals surface area contributed by atoms with Gasteiger partial charge >= 0.3 is 0 Å². The molecule has 2 N–H and O–H groups in total. The number of hydrogen-bond acceptors (Lipinski definition) is 3. The van der Waals surface area contributed by atoms with Gasteiger partial charge in [-0.25, -0.2) is 8.42 Å². The average molecular weight is 165 g/mol. The van der Waals surface area contributed by atoms with E-state index >= 15 is 0 Å². The van der Waals surface area contributed by atoms with Crippen molar-refractivity contribution in [3.8, 4) is 0 Å². The predicted molar refractivity (Wildman–Crippen MR) is 42.3 cm³/mol. The van der Waals surface area contributed by atoms with Crippen molar-refractivity contribution in [2.45, 2.75) is 20.8 Å². The van der Waals surface area contributed by atoms with Gasteiger partial charge in [-0.05, 0) is 5.41 Å². The van der Waals surface area contributed by atoms with Crippen molar-refractivity contribution in [3.05, 3.63) is 0 Å². The highest BCUT2D eigenvalue weighted by Crippen LogP contribution is 2.15. The summed E-state index contributed by atoms with van der Waals surface area (Å²) in [5.74, 6) is -0.0826. The molecule has 0 saturated heterocycles. The van der Waals surface area contributed by atoms with E-state index in [1.807, 2.05) is 20.8 Å². The molecule has 0 amide bonds. The van der Waals surface area contributed by atoms with Crippen molar-refractivity contribution < 1.29 is 8.42 Å². The predicted octanol–water partition coefficient (Wildman–Crippen LogP) is 0.364. The molecular formula is C6H15NO2S. The van der Waals surface area contributed by atoms with Gasteiger partial charge in [0.2, 0.25) is 0 Å². The number of rotatable bonds is 2. The largest absolute Gasteiger partial charge is 0.318 e. The van der Waals surface area contributed by atoms with Crippen LogP contribution in [0.5, 0.6) is 0 Å². The van der Waals surface area contributed by atoms with E-state index in [0.717, 1.165) is 0 Å². The summed E-state index contributed by atoms with van der Waals surface area (Å²) in [6, 6.07) is 0. The standard InChI is InChI=1S/C6H15NO2S/c1-6(2,3)4-10(8,9)5-7/h4-5,7H2,1-3H3. The number of hydrogen-bond donors (Lipinski definition) is 1. The highest BCUT2D eigenvalue weighted by atomic mass is 32.2. The van der Waals surface area contributed by atoms with E-state index in [2.05, 4.69) is 0 Å². The average Bonchev–Trinajstić information content (AvgIpc) is 1.60. The molecule has 0 bridgehead atoms. The molecule has 0 aliphatic carbocycles. The summed E-state index contributed by atoms with van der Waals surface area (Å²) >= 11 is 0. The Morgan fingerprint density at radius 1 is 1.30 bits per heavy atom. The third-order valence-corrected chi connectivity index (χ3v) is 2.72. The maximum absolute atomic E-state index is 10.9.